The number of hydrogen-bond donors (Lipinski definition) is 1. The number of nitrogens with one attached hydrogen (secondary N) is 1. The SMILES string of the molecule is Cc1cc(Cc2nc3c(Cc4ccccc4)[nH]c(-c4ccccc4)cn-3c2=O)oc1C. The highest BCUT2D eigenvalue weighted by Gasteiger charge is 2.21. The second-order valence-corrected chi connectivity index (χ2v) is 7.86. The van der Waals surface area contributed by atoms with Gasteiger partial charge in [0, 0.05) is 12.6 Å². The number of furan rings is 1. The Kier molecular flexibility index (Phi) is 4.79. The lowest BCUT2D eigenvalue weighted by atomic mass is 10.1. The molecule has 0 saturated carbocycles. The molecule has 0 spiro atoms. The van der Waals surface area contributed by atoms with Crippen LogP contribution >= 0.6 is 0 Å². The highest BCUT2D eigenvalue weighted by atomic mass is 16.3. The average Bonchev–Trinajstić information content (AvgIpc) is 3.28. The van der Waals surface area contributed by atoms with E-state index in [0.717, 1.165) is 39.6 Å². The van der Waals surface area contributed by atoms with Crippen molar-refractivity contribution in [2.45, 2.75) is 26.7 Å². The first-order valence-electron chi connectivity index (χ1n) is 10.4. The van der Waals surface area contributed by atoms with Crippen LogP contribution in [0, 0.1) is 13.8 Å². The highest BCUT2D eigenvalue weighted by Crippen LogP contribution is 2.24. The molecule has 0 saturated heterocycles. The number of rotatable bonds is 5. The molecule has 31 heavy (non-hydrogen) atoms. The summed E-state index contributed by atoms with van der Waals surface area (Å²) < 4.78 is 7.45. The molecule has 5 nitrogen and oxygen atoms in total. The summed E-state index contributed by atoms with van der Waals surface area (Å²) in [6, 6.07) is 22.2. The smallest absolute Gasteiger partial charge is 0.278 e. The van der Waals surface area contributed by atoms with Crippen LogP contribution in [0.3, 0.4) is 0 Å². The van der Waals surface area contributed by atoms with Gasteiger partial charge in [-0.25, -0.2) is 4.98 Å². The lowest BCUT2D eigenvalue weighted by Gasteiger charge is -2.13. The number of fused-ring (bicyclic) bond motifs is 1. The third kappa shape index (κ3) is 3.70. The number of hydrogen-bond acceptors (Lipinski definition) is 3. The fourth-order valence-electron chi connectivity index (χ4n) is 3.88. The van der Waals surface area contributed by atoms with Crippen LogP contribution in [0.2, 0.25) is 0 Å². The lowest BCUT2D eigenvalue weighted by molar-refractivity contribution is 0.489. The van der Waals surface area contributed by atoms with Gasteiger partial charge in [0.1, 0.15) is 17.2 Å². The van der Waals surface area contributed by atoms with Crippen LogP contribution in [0.15, 0.2) is 82.1 Å². The fraction of sp³-hybridized carbons (Fsp3) is 0.154. The minimum absolute atomic E-state index is 0.109. The lowest BCUT2D eigenvalue weighted by Crippen LogP contribution is -2.17. The van der Waals surface area contributed by atoms with Crippen LogP contribution in [0.4, 0.5) is 0 Å². The topological polar surface area (TPSA) is 63.8 Å². The number of aromatic amines is 1. The number of aryl methyl sites for hydroxylation is 2. The third-order valence-corrected chi connectivity index (χ3v) is 5.62. The highest BCUT2D eigenvalue weighted by molar-refractivity contribution is 5.60. The van der Waals surface area contributed by atoms with Gasteiger partial charge in [-0.3, -0.25) is 9.36 Å². The summed E-state index contributed by atoms with van der Waals surface area (Å²) in [5.74, 6) is 2.28. The quantitative estimate of drug-likeness (QED) is 0.441. The number of aromatic nitrogens is 3. The van der Waals surface area contributed by atoms with E-state index in [-0.39, 0.29) is 5.56 Å². The largest absolute Gasteiger partial charge is 0.466 e. The predicted octanol–water partition coefficient (Wildman–Crippen LogP) is 5.06. The maximum Gasteiger partial charge on any atom is 0.278 e. The van der Waals surface area contributed by atoms with E-state index in [1.54, 1.807) is 4.57 Å². The van der Waals surface area contributed by atoms with Gasteiger partial charge >= 0.3 is 0 Å². The molecule has 2 aliphatic rings. The van der Waals surface area contributed by atoms with Crippen LogP contribution < -0.4 is 5.56 Å². The maximum absolute atomic E-state index is 13.3. The second-order valence-electron chi connectivity index (χ2n) is 7.86. The molecular weight excluding hydrogens is 386 g/mol. The van der Waals surface area contributed by atoms with Gasteiger partial charge in [0.15, 0.2) is 5.82 Å². The molecule has 2 aliphatic heterocycles. The molecule has 3 aromatic rings. The van der Waals surface area contributed by atoms with E-state index >= 15 is 0 Å². The molecule has 2 aromatic carbocycles. The predicted molar refractivity (Wildman–Crippen MR) is 121 cm³/mol. The summed E-state index contributed by atoms with van der Waals surface area (Å²) in [6.07, 6.45) is 2.87. The fourth-order valence-corrected chi connectivity index (χ4v) is 3.88. The van der Waals surface area contributed by atoms with Crippen molar-refractivity contribution in [2.75, 3.05) is 0 Å². The van der Waals surface area contributed by atoms with E-state index in [2.05, 4.69) is 17.1 Å². The first-order chi connectivity index (χ1) is 15.1. The molecular formula is C26H23N3O2. The Morgan fingerprint density at radius 1 is 0.968 bits per heavy atom. The zero-order chi connectivity index (χ0) is 21.4. The maximum atomic E-state index is 13.3. The summed E-state index contributed by atoms with van der Waals surface area (Å²) in [7, 11) is 0. The van der Waals surface area contributed by atoms with E-state index in [0.29, 0.717) is 24.4 Å². The third-order valence-electron chi connectivity index (χ3n) is 5.62. The summed E-state index contributed by atoms with van der Waals surface area (Å²) in [5.41, 5.74) is 5.41. The Labute approximate surface area is 180 Å². The standard InChI is InChI=1S/C26H23N3O2/c1-17-13-21(31-18(17)2)15-23-26(30)29-16-24(20-11-7-4-8-12-20)27-22(25(29)28-23)14-19-9-5-3-6-10-19/h3-13,16,27H,14-15H2,1-2H3. The van der Waals surface area contributed by atoms with E-state index in [4.69, 9.17) is 9.40 Å². The van der Waals surface area contributed by atoms with Crippen LogP contribution in [0.5, 0.6) is 0 Å². The summed E-state index contributed by atoms with van der Waals surface area (Å²) in [6.45, 7) is 3.93. The van der Waals surface area contributed by atoms with Gasteiger partial charge in [-0.2, -0.15) is 0 Å². The Balaban J connectivity index is 1.64. The van der Waals surface area contributed by atoms with Gasteiger partial charge in [-0.05, 0) is 36.6 Å². The molecule has 5 rings (SSSR count). The number of benzene rings is 2. The molecule has 0 radical (unpaired) electrons. The first-order valence-corrected chi connectivity index (χ1v) is 10.4. The van der Waals surface area contributed by atoms with Crippen molar-refractivity contribution in [3.8, 4) is 17.1 Å². The molecule has 0 unspecified atom stereocenters. The van der Waals surface area contributed by atoms with Crippen molar-refractivity contribution in [3.05, 3.63) is 117 Å². The summed E-state index contributed by atoms with van der Waals surface area (Å²) >= 11 is 0. The Bertz CT molecular complexity index is 1340. The van der Waals surface area contributed by atoms with Gasteiger partial charge in [0.05, 0.1) is 17.8 Å². The molecule has 0 fully saturated rings. The zero-order valence-corrected chi connectivity index (χ0v) is 17.6. The van der Waals surface area contributed by atoms with Crippen molar-refractivity contribution in [1.29, 1.82) is 0 Å². The Morgan fingerprint density at radius 3 is 2.35 bits per heavy atom. The first kappa shape index (κ1) is 19.1. The van der Waals surface area contributed by atoms with Crippen LogP contribution in [-0.4, -0.2) is 14.5 Å². The van der Waals surface area contributed by atoms with Gasteiger partial charge in [-0.1, -0.05) is 60.7 Å². The van der Waals surface area contributed by atoms with Gasteiger partial charge in [-0.15, -0.1) is 0 Å². The van der Waals surface area contributed by atoms with E-state index in [1.165, 1.54) is 0 Å². The molecule has 0 atom stereocenters. The monoisotopic (exact) mass is 409 g/mol. The van der Waals surface area contributed by atoms with Gasteiger partial charge < -0.3 is 9.40 Å². The molecule has 1 N–H and O–H groups in total. The Morgan fingerprint density at radius 2 is 1.68 bits per heavy atom. The molecule has 0 aliphatic carbocycles. The second kappa shape index (κ2) is 7.76. The van der Waals surface area contributed by atoms with Crippen molar-refractivity contribution < 1.29 is 4.42 Å². The summed E-state index contributed by atoms with van der Waals surface area (Å²) in [4.78, 5) is 21.5. The zero-order valence-electron chi connectivity index (χ0n) is 17.6. The number of imidazole rings is 1. The van der Waals surface area contributed by atoms with Gasteiger partial charge in [0.25, 0.3) is 5.56 Å². The average molecular weight is 409 g/mol. The molecule has 1 aromatic heterocycles. The molecule has 3 heterocycles. The van der Waals surface area contributed by atoms with E-state index < -0.39 is 0 Å². The summed E-state index contributed by atoms with van der Waals surface area (Å²) in [5, 5.41) is 0. The van der Waals surface area contributed by atoms with Crippen LogP contribution in [-0.2, 0) is 12.8 Å². The minimum Gasteiger partial charge on any atom is -0.466 e. The van der Waals surface area contributed by atoms with Crippen molar-refractivity contribution in [1.82, 2.24) is 14.5 Å². The molecule has 5 heteroatoms. The molecule has 0 bridgehead atoms. The van der Waals surface area contributed by atoms with E-state index in [9.17, 15) is 4.79 Å². The van der Waals surface area contributed by atoms with Crippen molar-refractivity contribution in [2.24, 2.45) is 0 Å². The Hall–Kier alpha value is -3.86. The van der Waals surface area contributed by atoms with Crippen molar-refractivity contribution >= 4 is 0 Å². The van der Waals surface area contributed by atoms with Crippen LogP contribution in [0.25, 0.3) is 17.1 Å². The molecule has 0 amide bonds. The van der Waals surface area contributed by atoms with E-state index in [1.807, 2.05) is 74.6 Å². The number of H-pyrrole nitrogens is 1. The minimum atomic E-state index is -0.109. The van der Waals surface area contributed by atoms with Crippen LogP contribution in [0.1, 0.15) is 34.0 Å². The van der Waals surface area contributed by atoms with Gasteiger partial charge in [0.2, 0.25) is 0 Å². The number of nitrogens with zero attached hydrogens (tertiary/aromatic N) is 2. The van der Waals surface area contributed by atoms with Crippen molar-refractivity contribution in [3.63, 3.8) is 0 Å². The normalized spacial score (nSPS) is 11.3. The molecule has 154 valence electrons.